The zero-order valence-electron chi connectivity index (χ0n) is 18.1. The summed E-state index contributed by atoms with van der Waals surface area (Å²) in [4.78, 5) is 12.6. The van der Waals surface area contributed by atoms with Crippen molar-refractivity contribution in [3.05, 3.63) is 76.4 Å². The predicted molar refractivity (Wildman–Crippen MR) is 126 cm³/mol. The third kappa shape index (κ3) is 4.76. The van der Waals surface area contributed by atoms with E-state index < -0.39 is 0 Å². The van der Waals surface area contributed by atoms with E-state index in [2.05, 4.69) is 15.0 Å². The van der Waals surface area contributed by atoms with E-state index in [1.807, 2.05) is 66.9 Å². The minimum Gasteiger partial charge on any atom is -0.491 e. The molecule has 9 heteroatoms. The van der Waals surface area contributed by atoms with Crippen molar-refractivity contribution in [2.75, 3.05) is 6.61 Å². The topological polar surface area (TPSA) is 71.3 Å². The second-order valence-electron chi connectivity index (χ2n) is 8.07. The maximum Gasteiger partial charge on any atom is 0.225 e. The molecule has 1 aliphatic heterocycles. The van der Waals surface area contributed by atoms with Crippen molar-refractivity contribution in [1.29, 1.82) is 0 Å². The van der Waals surface area contributed by atoms with Gasteiger partial charge >= 0.3 is 0 Å². The first-order valence-electron chi connectivity index (χ1n) is 10.6. The molecule has 0 aliphatic carbocycles. The third-order valence-electron chi connectivity index (χ3n) is 5.59. The Morgan fingerprint density at radius 2 is 1.64 bits per heavy atom. The summed E-state index contributed by atoms with van der Waals surface area (Å²) in [7, 11) is 0. The summed E-state index contributed by atoms with van der Waals surface area (Å²) in [6.07, 6.45) is 1.27. The molecule has 0 saturated carbocycles. The molecule has 0 amide bonds. The van der Waals surface area contributed by atoms with Gasteiger partial charge in [-0.25, -0.2) is 9.97 Å². The number of benzene rings is 2. The Labute approximate surface area is 201 Å². The van der Waals surface area contributed by atoms with Gasteiger partial charge in [-0.1, -0.05) is 47.0 Å². The van der Waals surface area contributed by atoms with Gasteiger partial charge in [0.2, 0.25) is 5.28 Å². The van der Waals surface area contributed by atoms with Crippen molar-refractivity contribution in [3.8, 4) is 11.5 Å². The molecule has 1 aliphatic rings. The summed E-state index contributed by atoms with van der Waals surface area (Å²) in [5.74, 6) is 1.56. The quantitative estimate of drug-likeness (QED) is 0.263. The molecule has 3 heterocycles. The lowest BCUT2D eigenvalue weighted by Gasteiger charge is -2.20. The molecule has 0 N–H and O–H groups in total. The van der Waals surface area contributed by atoms with Crippen molar-refractivity contribution in [2.45, 2.75) is 38.7 Å². The summed E-state index contributed by atoms with van der Waals surface area (Å²) in [6.45, 7) is 4.41. The van der Waals surface area contributed by atoms with Crippen molar-refractivity contribution >= 4 is 34.4 Å². The van der Waals surface area contributed by atoms with E-state index in [9.17, 15) is 0 Å². The van der Waals surface area contributed by atoms with E-state index in [4.69, 9.17) is 37.4 Å². The van der Waals surface area contributed by atoms with Crippen LogP contribution in [0.3, 0.4) is 0 Å². The van der Waals surface area contributed by atoms with Crippen LogP contribution in [-0.4, -0.2) is 38.3 Å². The predicted octanol–water partition coefficient (Wildman–Crippen LogP) is 5.56. The molecule has 1 saturated heterocycles. The highest BCUT2D eigenvalue weighted by Gasteiger charge is 2.39. The lowest BCUT2D eigenvalue weighted by atomic mass is 10.1. The first-order valence-corrected chi connectivity index (χ1v) is 11.4. The number of halogens is 2. The van der Waals surface area contributed by atoms with E-state index in [1.54, 1.807) is 6.33 Å². The van der Waals surface area contributed by atoms with E-state index in [0.717, 1.165) is 11.5 Å². The Morgan fingerprint density at radius 1 is 0.970 bits per heavy atom. The average Bonchev–Trinajstić information content (AvgIpc) is 3.39. The van der Waals surface area contributed by atoms with Crippen molar-refractivity contribution in [2.24, 2.45) is 0 Å². The summed E-state index contributed by atoms with van der Waals surface area (Å²) >= 11 is 12.2. The summed E-state index contributed by atoms with van der Waals surface area (Å²) in [6, 6.07) is 15.9. The summed E-state index contributed by atoms with van der Waals surface area (Å²) in [5, 5.41) is 0.257. The van der Waals surface area contributed by atoms with E-state index in [-0.39, 0.29) is 28.9 Å². The summed E-state index contributed by atoms with van der Waals surface area (Å²) in [5.41, 5.74) is 3.33. The number of ether oxygens (including phenoxy) is 3. The Kier molecular flexibility index (Phi) is 6.10. The number of fused-ring (bicyclic) bond motifs is 1. The Balaban J connectivity index is 1.40. The molecule has 2 aromatic heterocycles. The molecule has 1 fully saturated rings. The van der Waals surface area contributed by atoms with E-state index >= 15 is 0 Å². The zero-order valence-corrected chi connectivity index (χ0v) is 19.6. The van der Waals surface area contributed by atoms with Gasteiger partial charge < -0.3 is 14.2 Å². The van der Waals surface area contributed by atoms with Crippen molar-refractivity contribution in [3.63, 3.8) is 0 Å². The molecule has 33 heavy (non-hydrogen) atoms. The average molecular weight is 485 g/mol. The lowest BCUT2D eigenvalue weighted by Crippen LogP contribution is -2.32. The first-order chi connectivity index (χ1) is 16.0. The van der Waals surface area contributed by atoms with Crippen LogP contribution in [0.15, 0.2) is 54.9 Å². The van der Waals surface area contributed by atoms with Crippen LogP contribution < -0.4 is 9.47 Å². The van der Waals surface area contributed by atoms with Crippen molar-refractivity contribution < 1.29 is 14.2 Å². The number of hydrogen-bond donors (Lipinski definition) is 0. The molecular formula is C24H22Cl2N4O3. The lowest BCUT2D eigenvalue weighted by molar-refractivity contribution is -0.0341. The molecule has 170 valence electrons. The minimum absolute atomic E-state index is 0.0546. The Morgan fingerprint density at radius 3 is 2.33 bits per heavy atom. The van der Waals surface area contributed by atoms with Gasteiger partial charge in [-0.2, -0.15) is 4.98 Å². The van der Waals surface area contributed by atoms with Gasteiger partial charge in [0.15, 0.2) is 10.8 Å². The molecule has 0 spiro atoms. The maximum atomic E-state index is 6.37. The highest BCUT2D eigenvalue weighted by atomic mass is 35.5. The second kappa shape index (κ2) is 9.17. The molecule has 4 aromatic rings. The monoisotopic (exact) mass is 484 g/mol. The molecule has 0 bridgehead atoms. The molecule has 0 radical (unpaired) electrons. The van der Waals surface area contributed by atoms with Gasteiger partial charge in [0.1, 0.15) is 42.1 Å². The van der Waals surface area contributed by atoms with E-state index in [1.165, 1.54) is 11.1 Å². The molecule has 7 nitrogen and oxygen atoms in total. The van der Waals surface area contributed by atoms with Crippen LogP contribution >= 0.6 is 23.2 Å². The molecule has 0 unspecified atom stereocenters. The van der Waals surface area contributed by atoms with Gasteiger partial charge in [-0.15, -0.1) is 0 Å². The van der Waals surface area contributed by atoms with Crippen molar-refractivity contribution in [1.82, 2.24) is 19.5 Å². The van der Waals surface area contributed by atoms with Gasteiger partial charge in [0.25, 0.3) is 0 Å². The smallest absolute Gasteiger partial charge is 0.225 e. The van der Waals surface area contributed by atoms with Crippen LogP contribution in [0.1, 0.15) is 23.8 Å². The number of rotatable bonds is 6. The van der Waals surface area contributed by atoms with Crippen LogP contribution in [0, 0.1) is 13.8 Å². The number of imidazole rings is 1. The van der Waals surface area contributed by atoms with Crippen LogP contribution in [0.4, 0.5) is 0 Å². The molecule has 2 aromatic carbocycles. The Bertz CT molecular complexity index is 1260. The van der Waals surface area contributed by atoms with Gasteiger partial charge in [0.05, 0.1) is 6.33 Å². The molecule has 5 rings (SSSR count). The highest BCUT2D eigenvalue weighted by molar-refractivity contribution is 6.35. The Hall–Kier alpha value is -2.87. The van der Waals surface area contributed by atoms with Crippen LogP contribution in [0.2, 0.25) is 10.4 Å². The summed E-state index contributed by atoms with van der Waals surface area (Å²) < 4.78 is 20.5. The number of hydrogen-bond acceptors (Lipinski definition) is 6. The fourth-order valence-electron chi connectivity index (χ4n) is 3.82. The van der Waals surface area contributed by atoms with Crippen LogP contribution in [-0.2, 0) is 4.74 Å². The zero-order chi connectivity index (χ0) is 22.9. The van der Waals surface area contributed by atoms with Gasteiger partial charge in [-0.3, -0.25) is 4.57 Å². The van der Waals surface area contributed by atoms with Crippen LogP contribution in [0.25, 0.3) is 11.2 Å². The number of aromatic nitrogens is 4. The fourth-order valence-corrected chi connectivity index (χ4v) is 4.24. The standard InChI is InChI=1S/C24H22Cl2N4O3/c1-14-3-7-16(8-4-14)31-12-19-18(32-17-9-5-15(2)6-10-17)11-20(33-19)30-13-27-21-22(25)28-24(26)29-23(21)30/h3-10,13,18-20H,11-12H2,1-2H3/t18-,19+,20+/m0/s1. The normalized spacial score (nSPS) is 20.3. The number of nitrogens with zero attached hydrogens (tertiary/aromatic N) is 4. The highest BCUT2D eigenvalue weighted by Crippen LogP contribution is 2.35. The minimum atomic E-state index is -0.376. The second-order valence-corrected chi connectivity index (χ2v) is 8.76. The number of aryl methyl sites for hydroxylation is 2. The maximum absolute atomic E-state index is 6.37. The third-order valence-corrected chi connectivity index (χ3v) is 6.02. The van der Waals surface area contributed by atoms with Gasteiger partial charge in [0, 0.05) is 6.42 Å². The van der Waals surface area contributed by atoms with Gasteiger partial charge in [-0.05, 0) is 49.7 Å². The largest absolute Gasteiger partial charge is 0.491 e. The molecule has 3 atom stereocenters. The first kappa shape index (κ1) is 21.9. The fraction of sp³-hybridized carbons (Fsp3) is 0.292. The SMILES string of the molecule is Cc1ccc(OC[C@H]2O[C@@H](n3cnc4c(Cl)nc(Cl)nc43)C[C@@H]2Oc2ccc(C)cc2)cc1. The molecular weight excluding hydrogens is 463 g/mol. The van der Waals surface area contributed by atoms with Crippen LogP contribution in [0.5, 0.6) is 11.5 Å². The van der Waals surface area contributed by atoms with E-state index in [0.29, 0.717) is 24.2 Å².